The van der Waals surface area contributed by atoms with Crippen LogP contribution in [0.2, 0.25) is 5.15 Å². The summed E-state index contributed by atoms with van der Waals surface area (Å²) in [7, 11) is 0. The molecule has 0 aliphatic rings. The SMILES string of the molecule is Cc1nc(-c2cccc(OCCNCC(O)c3ccc(Cl)nc3)c2)cs1. The second-order valence-electron chi connectivity index (χ2n) is 5.76. The summed E-state index contributed by atoms with van der Waals surface area (Å²) in [4.78, 5) is 8.46. The van der Waals surface area contributed by atoms with Crippen molar-refractivity contribution >= 4 is 22.9 Å². The van der Waals surface area contributed by atoms with Gasteiger partial charge < -0.3 is 15.2 Å². The molecule has 7 heteroatoms. The van der Waals surface area contributed by atoms with Gasteiger partial charge in [-0.25, -0.2) is 9.97 Å². The Labute approximate surface area is 161 Å². The Hall–Kier alpha value is -1.99. The topological polar surface area (TPSA) is 67.3 Å². The summed E-state index contributed by atoms with van der Waals surface area (Å²) in [5.41, 5.74) is 2.75. The van der Waals surface area contributed by atoms with Crippen molar-refractivity contribution in [2.75, 3.05) is 19.7 Å². The van der Waals surface area contributed by atoms with Crippen molar-refractivity contribution < 1.29 is 9.84 Å². The standard InChI is InChI=1S/C19H20ClN3O2S/c1-13-23-17(12-26-13)14-3-2-4-16(9-14)25-8-7-21-11-18(24)15-5-6-19(20)22-10-15/h2-6,9-10,12,18,21,24H,7-8,11H2,1H3. The second kappa shape index (κ2) is 9.09. The average Bonchev–Trinajstić information content (AvgIpc) is 3.08. The van der Waals surface area contributed by atoms with Gasteiger partial charge in [0.25, 0.3) is 0 Å². The number of hydrogen-bond acceptors (Lipinski definition) is 6. The lowest BCUT2D eigenvalue weighted by molar-refractivity contribution is 0.171. The molecule has 0 aliphatic carbocycles. The summed E-state index contributed by atoms with van der Waals surface area (Å²) in [6, 6.07) is 11.3. The van der Waals surface area contributed by atoms with Crippen molar-refractivity contribution in [3.8, 4) is 17.0 Å². The highest BCUT2D eigenvalue weighted by Gasteiger charge is 2.07. The van der Waals surface area contributed by atoms with Gasteiger partial charge in [0.2, 0.25) is 0 Å². The molecular formula is C19H20ClN3O2S. The molecular weight excluding hydrogens is 370 g/mol. The molecule has 0 bridgehead atoms. The Bertz CT molecular complexity index is 839. The third kappa shape index (κ3) is 5.25. The van der Waals surface area contributed by atoms with Crippen LogP contribution in [0.3, 0.4) is 0 Å². The third-order valence-electron chi connectivity index (χ3n) is 3.77. The highest BCUT2D eigenvalue weighted by molar-refractivity contribution is 7.09. The lowest BCUT2D eigenvalue weighted by Gasteiger charge is -2.12. The van der Waals surface area contributed by atoms with Gasteiger partial charge in [0, 0.05) is 35.8 Å². The second-order valence-corrected chi connectivity index (χ2v) is 7.21. The minimum Gasteiger partial charge on any atom is -0.492 e. The predicted octanol–water partition coefficient (Wildman–Crippen LogP) is 3.87. The zero-order valence-electron chi connectivity index (χ0n) is 14.4. The monoisotopic (exact) mass is 389 g/mol. The summed E-state index contributed by atoms with van der Waals surface area (Å²) in [6.45, 7) is 3.54. The van der Waals surface area contributed by atoms with Crippen molar-refractivity contribution in [3.63, 3.8) is 0 Å². The van der Waals surface area contributed by atoms with Crippen molar-refractivity contribution in [2.24, 2.45) is 0 Å². The average molecular weight is 390 g/mol. The number of aliphatic hydroxyl groups excluding tert-OH is 1. The maximum atomic E-state index is 10.1. The normalized spacial score (nSPS) is 12.1. The number of hydrogen-bond donors (Lipinski definition) is 2. The van der Waals surface area contributed by atoms with Gasteiger partial charge in [-0.1, -0.05) is 29.8 Å². The summed E-state index contributed by atoms with van der Waals surface area (Å²) < 4.78 is 5.78. The highest BCUT2D eigenvalue weighted by atomic mass is 35.5. The Balaban J connectivity index is 1.43. The molecule has 0 radical (unpaired) electrons. The first-order chi connectivity index (χ1) is 12.6. The van der Waals surface area contributed by atoms with E-state index >= 15 is 0 Å². The van der Waals surface area contributed by atoms with Gasteiger partial charge in [-0.2, -0.15) is 0 Å². The number of benzene rings is 1. The number of pyridine rings is 1. The van der Waals surface area contributed by atoms with E-state index in [2.05, 4.69) is 15.3 Å². The Kier molecular flexibility index (Phi) is 6.57. The van der Waals surface area contributed by atoms with E-state index in [1.54, 1.807) is 29.7 Å². The number of aryl methyl sites for hydroxylation is 1. The number of nitrogens with zero attached hydrogens (tertiary/aromatic N) is 2. The predicted molar refractivity (Wildman–Crippen MR) is 105 cm³/mol. The quantitative estimate of drug-likeness (QED) is 0.452. The summed E-state index contributed by atoms with van der Waals surface area (Å²) in [6.07, 6.45) is 0.952. The fourth-order valence-electron chi connectivity index (χ4n) is 2.42. The van der Waals surface area contributed by atoms with Gasteiger partial charge >= 0.3 is 0 Å². The Morgan fingerprint density at radius 3 is 2.92 bits per heavy atom. The molecule has 0 saturated heterocycles. The van der Waals surface area contributed by atoms with Gasteiger partial charge in [-0.3, -0.25) is 0 Å². The fraction of sp³-hybridized carbons (Fsp3) is 0.263. The number of halogens is 1. The van der Waals surface area contributed by atoms with Crippen LogP contribution in [0, 0.1) is 6.92 Å². The molecule has 3 aromatic rings. The van der Waals surface area contributed by atoms with Gasteiger partial charge in [0.1, 0.15) is 17.5 Å². The molecule has 0 fully saturated rings. The molecule has 0 aliphatic heterocycles. The van der Waals surface area contributed by atoms with Crippen LogP contribution < -0.4 is 10.1 Å². The van der Waals surface area contributed by atoms with Crippen molar-refractivity contribution in [1.82, 2.24) is 15.3 Å². The number of rotatable bonds is 8. The molecule has 3 rings (SSSR count). The molecule has 0 amide bonds. The van der Waals surface area contributed by atoms with Gasteiger partial charge in [-0.15, -0.1) is 11.3 Å². The van der Waals surface area contributed by atoms with E-state index in [0.717, 1.165) is 27.6 Å². The first-order valence-corrected chi connectivity index (χ1v) is 9.53. The lowest BCUT2D eigenvalue weighted by atomic mass is 10.1. The van der Waals surface area contributed by atoms with Crippen molar-refractivity contribution in [2.45, 2.75) is 13.0 Å². The van der Waals surface area contributed by atoms with E-state index in [1.807, 2.05) is 36.6 Å². The zero-order chi connectivity index (χ0) is 18.4. The minimum atomic E-state index is -0.629. The van der Waals surface area contributed by atoms with Crippen molar-refractivity contribution in [1.29, 1.82) is 0 Å². The van der Waals surface area contributed by atoms with E-state index in [4.69, 9.17) is 16.3 Å². The van der Waals surface area contributed by atoms with Crippen LogP contribution in [0.4, 0.5) is 0 Å². The summed E-state index contributed by atoms with van der Waals surface area (Å²) in [5, 5.41) is 16.8. The molecule has 26 heavy (non-hydrogen) atoms. The fourth-order valence-corrected chi connectivity index (χ4v) is 3.16. The number of aromatic nitrogens is 2. The zero-order valence-corrected chi connectivity index (χ0v) is 15.9. The number of aliphatic hydroxyl groups is 1. The summed E-state index contributed by atoms with van der Waals surface area (Å²) in [5.74, 6) is 0.803. The molecule has 1 atom stereocenters. The molecule has 0 saturated carbocycles. The van der Waals surface area contributed by atoms with Gasteiger partial charge in [0.15, 0.2) is 0 Å². The molecule has 1 aromatic carbocycles. The first-order valence-electron chi connectivity index (χ1n) is 8.27. The maximum Gasteiger partial charge on any atom is 0.129 e. The van der Waals surface area contributed by atoms with Crippen molar-refractivity contribution in [3.05, 3.63) is 63.7 Å². The maximum absolute atomic E-state index is 10.1. The molecule has 5 nitrogen and oxygen atoms in total. The van der Waals surface area contributed by atoms with Gasteiger partial charge in [-0.05, 0) is 25.1 Å². The van der Waals surface area contributed by atoms with Crippen LogP contribution in [0.1, 0.15) is 16.7 Å². The molecule has 136 valence electrons. The van der Waals surface area contributed by atoms with E-state index in [0.29, 0.717) is 24.8 Å². The smallest absolute Gasteiger partial charge is 0.129 e. The molecule has 1 unspecified atom stereocenters. The van der Waals surface area contributed by atoms with Crippen LogP contribution in [0.25, 0.3) is 11.3 Å². The summed E-state index contributed by atoms with van der Waals surface area (Å²) >= 11 is 7.38. The Morgan fingerprint density at radius 1 is 1.31 bits per heavy atom. The molecule has 2 aromatic heterocycles. The molecule has 2 N–H and O–H groups in total. The van der Waals surface area contributed by atoms with Crippen LogP contribution >= 0.6 is 22.9 Å². The third-order valence-corrected chi connectivity index (χ3v) is 4.77. The number of nitrogens with one attached hydrogen (secondary N) is 1. The molecule has 2 heterocycles. The van der Waals surface area contributed by atoms with Crippen LogP contribution in [-0.2, 0) is 0 Å². The van der Waals surface area contributed by atoms with E-state index in [-0.39, 0.29) is 0 Å². The Morgan fingerprint density at radius 2 is 2.19 bits per heavy atom. The molecule has 0 spiro atoms. The number of ether oxygens (including phenoxy) is 1. The van der Waals surface area contributed by atoms with Crippen LogP contribution in [-0.4, -0.2) is 34.8 Å². The highest BCUT2D eigenvalue weighted by Crippen LogP contribution is 2.25. The largest absolute Gasteiger partial charge is 0.492 e. The minimum absolute atomic E-state index is 0.414. The van der Waals surface area contributed by atoms with Gasteiger partial charge in [0.05, 0.1) is 16.8 Å². The van der Waals surface area contributed by atoms with E-state index in [9.17, 15) is 5.11 Å². The van der Waals surface area contributed by atoms with E-state index in [1.165, 1.54) is 0 Å². The number of thiazole rings is 1. The van der Waals surface area contributed by atoms with Crippen LogP contribution in [0.15, 0.2) is 48.0 Å². The first kappa shape index (κ1) is 18.8. The van der Waals surface area contributed by atoms with E-state index < -0.39 is 6.10 Å². The van der Waals surface area contributed by atoms with Crippen LogP contribution in [0.5, 0.6) is 5.75 Å². The lowest BCUT2D eigenvalue weighted by Crippen LogP contribution is -2.26.